The number of carboxylic acid groups (broad SMARTS) is 1. The van der Waals surface area contributed by atoms with Gasteiger partial charge in [-0.25, -0.2) is 4.79 Å². The Morgan fingerprint density at radius 3 is 1.97 bits per heavy atom. The van der Waals surface area contributed by atoms with Crippen molar-refractivity contribution >= 4 is 24.8 Å². The van der Waals surface area contributed by atoms with E-state index in [1.807, 2.05) is 0 Å². The fourth-order valence-corrected chi connectivity index (χ4v) is 10.9. The average molecular weight is 510 g/mol. The van der Waals surface area contributed by atoms with Crippen LogP contribution < -0.4 is 15.7 Å². The van der Waals surface area contributed by atoms with E-state index in [-0.39, 0.29) is 16.5 Å². The zero-order chi connectivity index (χ0) is 26.6. The van der Waals surface area contributed by atoms with E-state index < -0.39 is 14.4 Å². The summed E-state index contributed by atoms with van der Waals surface area (Å²) in [6.07, 6.45) is 3.15. The zero-order valence-corrected chi connectivity index (χ0v) is 24.4. The molecule has 0 saturated heterocycles. The number of benzene rings is 2. The Labute approximate surface area is 220 Å². The monoisotopic (exact) mass is 509 g/mol. The molecule has 2 N–H and O–H groups in total. The van der Waals surface area contributed by atoms with E-state index in [0.717, 1.165) is 25.7 Å². The topological polar surface area (TPSA) is 58.6 Å². The smallest absolute Gasteiger partial charge is 0.404 e. The molecule has 1 saturated carbocycles. The average Bonchev–Trinajstić information content (AvgIpc) is 3.55. The summed E-state index contributed by atoms with van der Waals surface area (Å²) >= 11 is 0. The fraction of sp³-hybridized carbons (Fsp3) is 0.581. The minimum Gasteiger partial charge on any atom is -0.465 e. The molecule has 5 heteroatoms. The van der Waals surface area contributed by atoms with Crippen LogP contribution in [0.5, 0.6) is 0 Å². The van der Waals surface area contributed by atoms with E-state index >= 15 is 0 Å². The molecule has 0 aliphatic heterocycles. The Balaban J connectivity index is 1.73. The number of carbonyl (C=O) groups is 1. The molecule has 1 aliphatic rings. The lowest BCUT2D eigenvalue weighted by molar-refractivity contribution is 0.181. The van der Waals surface area contributed by atoms with Crippen LogP contribution in [-0.4, -0.2) is 32.2 Å². The molecule has 0 spiro atoms. The Morgan fingerprint density at radius 2 is 1.53 bits per heavy atom. The molecule has 4 atom stereocenters. The van der Waals surface area contributed by atoms with Crippen molar-refractivity contribution in [3.8, 4) is 0 Å². The highest BCUT2D eigenvalue weighted by Gasteiger charge is 2.51. The first-order valence-corrected chi connectivity index (χ1v) is 15.5. The van der Waals surface area contributed by atoms with E-state index in [1.54, 1.807) is 0 Å². The first-order chi connectivity index (χ1) is 16.8. The van der Waals surface area contributed by atoms with Gasteiger partial charge in [0.25, 0.3) is 8.32 Å². The Bertz CT molecular complexity index is 925. The highest BCUT2D eigenvalue weighted by molar-refractivity contribution is 6.99. The van der Waals surface area contributed by atoms with Gasteiger partial charge in [0.05, 0.1) is 0 Å². The number of nitrogens with one attached hydrogen (secondary N) is 1. The van der Waals surface area contributed by atoms with Crippen LogP contribution in [0.1, 0.15) is 74.1 Å². The normalized spacial score (nSPS) is 20.0. The molecule has 2 aromatic carbocycles. The summed E-state index contributed by atoms with van der Waals surface area (Å²) in [4.78, 5) is 11.6. The molecule has 1 fully saturated rings. The van der Waals surface area contributed by atoms with Crippen LogP contribution >= 0.6 is 0 Å². The predicted molar refractivity (Wildman–Crippen MR) is 153 cm³/mol. The molecule has 0 bridgehead atoms. The van der Waals surface area contributed by atoms with Crippen molar-refractivity contribution in [3.05, 3.63) is 60.7 Å². The standard InChI is InChI=1S/C31H47NO3Si/c1-23(22-30(2,3)4)20-28(32-29(33)34)27-21-24(27)18-19-35-36(31(5,6)7,25-14-10-8-11-15-25)26-16-12-9-13-17-26/h8-17,23-24,27-28,32H,18-22H2,1-7H3,(H,33,34)/t23?,24?,27?,28-/m0/s1. The lowest BCUT2D eigenvalue weighted by atomic mass is 9.82. The minimum atomic E-state index is -2.53. The molecule has 3 unspecified atom stereocenters. The molecular weight excluding hydrogens is 462 g/mol. The van der Waals surface area contributed by atoms with Gasteiger partial charge in [0, 0.05) is 12.6 Å². The van der Waals surface area contributed by atoms with Crippen LogP contribution in [0.2, 0.25) is 5.04 Å². The van der Waals surface area contributed by atoms with Crippen molar-refractivity contribution in [2.45, 2.75) is 85.2 Å². The van der Waals surface area contributed by atoms with Gasteiger partial charge in [0.2, 0.25) is 0 Å². The summed E-state index contributed by atoms with van der Waals surface area (Å²) in [7, 11) is -2.53. The Kier molecular flexibility index (Phi) is 9.10. The van der Waals surface area contributed by atoms with Crippen molar-refractivity contribution in [1.29, 1.82) is 0 Å². The van der Waals surface area contributed by atoms with Crippen molar-refractivity contribution < 1.29 is 14.3 Å². The molecule has 4 nitrogen and oxygen atoms in total. The second-order valence-corrected chi connectivity index (χ2v) is 17.4. The van der Waals surface area contributed by atoms with Crippen LogP contribution in [0, 0.1) is 23.2 Å². The van der Waals surface area contributed by atoms with E-state index in [4.69, 9.17) is 4.43 Å². The van der Waals surface area contributed by atoms with Gasteiger partial charge in [-0.05, 0) is 64.3 Å². The molecular formula is C31H47NO3Si. The number of hydrogen-bond acceptors (Lipinski definition) is 2. The quantitative estimate of drug-likeness (QED) is 0.332. The third kappa shape index (κ3) is 7.23. The maximum atomic E-state index is 11.6. The minimum absolute atomic E-state index is 0.0257. The van der Waals surface area contributed by atoms with Crippen LogP contribution in [0.4, 0.5) is 4.79 Å². The van der Waals surface area contributed by atoms with Crippen LogP contribution in [0.15, 0.2) is 60.7 Å². The summed E-state index contributed by atoms with van der Waals surface area (Å²) in [6.45, 7) is 16.6. The Hall–Kier alpha value is -2.11. The molecule has 0 radical (unpaired) electrons. The van der Waals surface area contributed by atoms with Crippen molar-refractivity contribution in [3.63, 3.8) is 0 Å². The van der Waals surface area contributed by atoms with Crippen molar-refractivity contribution in [2.24, 2.45) is 23.2 Å². The van der Waals surface area contributed by atoms with E-state index in [2.05, 4.69) is 114 Å². The maximum absolute atomic E-state index is 11.6. The van der Waals surface area contributed by atoms with Crippen LogP contribution in [0.25, 0.3) is 0 Å². The lowest BCUT2D eigenvalue weighted by Crippen LogP contribution is -2.66. The molecule has 1 amide bonds. The highest BCUT2D eigenvalue weighted by Crippen LogP contribution is 2.46. The van der Waals surface area contributed by atoms with Gasteiger partial charge in [-0.2, -0.15) is 0 Å². The third-order valence-electron chi connectivity index (χ3n) is 7.64. The fourth-order valence-electron chi connectivity index (χ4n) is 6.28. The van der Waals surface area contributed by atoms with Gasteiger partial charge >= 0.3 is 6.09 Å². The summed E-state index contributed by atoms with van der Waals surface area (Å²) in [5, 5.41) is 14.9. The largest absolute Gasteiger partial charge is 0.465 e. The number of rotatable bonds is 11. The second-order valence-electron chi connectivity index (χ2n) is 13.1. The molecule has 0 heterocycles. The maximum Gasteiger partial charge on any atom is 0.404 e. The van der Waals surface area contributed by atoms with E-state index in [1.165, 1.54) is 10.4 Å². The lowest BCUT2D eigenvalue weighted by Gasteiger charge is -2.43. The first-order valence-electron chi connectivity index (χ1n) is 13.6. The molecule has 2 aromatic rings. The summed E-state index contributed by atoms with van der Waals surface area (Å²) in [5.41, 5.74) is 0.250. The van der Waals surface area contributed by atoms with Crippen molar-refractivity contribution in [1.82, 2.24) is 5.32 Å². The van der Waals surface area contributed by atoms with Gasteiger partial charge in [0.15, 0.2) is 0 Å². The third-order valence-corrected chi connectivity index (χ3v) is 12.7. The SMILES string of the molecule is CC(C[C@H](NC(=O)O)C1CC1CCO[Si](c1ccccc1)(c1ccccc1)C(C)(C)C)CC(C)(C)C. The number of hydrogen-bond donors (Lipinski definition) is 2. The Morgan fingerprint density at radius 1 is 1.00 bits per heavy atom. The van der Waals surface area contributed by atoms with Crippen LogP contribution in [0.3, 0.4) is 0 Å². The molecule has 0 aromatic heterocycles. The number of amides is 1. The molecule has 36 heavy (non-hydrogen) atoms. The highest BCUT2D eigenvalue weighted by atomic mass is 28.4. The van der Waals surface area contributed by atoms with Gasteiger partial charge in [-0.3, -0.25) is 0 Å². The predicted octanol–water partition coefficient (Wildman–Crippen LogP) is 6.69. The second kappa shape index (κ2) is 11.5. The molecule has 1 aliphatic carbocycles. The van der Waals surface area contributed by atoms with E-state index in [9.17, 15) is 9.90 Å². The van der Waals surface area contributed by atoms with E-state index in [0.29, 0.717) is 24.4 Å². The van der Waals surface area contributed by atoms with Gasteiger partial charge in [0.1, 0.15) is 0 Å². The summed E-state index contributed by atoms with van der Waals surface area (Å²) < 4.78 is 7.08. The van der Waals surface area contributed by atoms with Crippen molar-refractivity contribution in [2.75, 3.05) is 6.61 Å². The summed E-state index contributed by atoms with van der Waals surface area (Å²) in [5.74, 6) is 1.41. The summed E-state index contributed by atoms with van der Waals surface area (Å²) in [6, 6.07) is 21.6. The van der Waals surface area contributed by atoms with Gasteiger partial charge in [-0.1, -0.05) is 109 Å². The molecule has 198 valence electrons. The first kappa shape index (κ1) is 28.5. The molecule has 3 rings (SSSR count). The van der Waals surface area contributed by atoms with Gasteiger partial charge in [-0.15, -0.1) is 0 Å². The van der Waals surface area contributed by atoms with Crippen LogP contribution in [-0.2, 0) is 4.43 Å². The zero-order valence-electron chi connectivity index (χ0n) is 23.4. The van der Waals surface area contributed by atoms with Gasteiger partial charge < -0.3 is 14.8 Å².